The van der Waals surface area contributed by atoms with E-state index < -0.39 is 0 Å². The molecule has 0 bridgehead atoms. The van der Waals surface area contributed by atoms with Crippen LogP contribution in [0.5, 0.6) is 0 Å². The van der Waals surface area contributed by atoms with E-state index >= 15 is 0 Å². The van der Waals surface area contributed by atoms with Crippen LogP contribution in [-0.2, 0) is 6.54 Å². The predicted molar refractivity (Wildman–Crippen MR) is 105 cm³/mol. The number of aryl methyl sites for hydroxylation is 1. The number of carbonyl (C=O) groups excluding carboxylic acids is 2. The number of hydrogen-bond donors (Lipinski definition) is 2. The lowest BCUT2D eigenvalue weighted by molar-refractivity contribution is 0.0939. The Kier molecular flexibility index (Phi) is 5.84. The van der Waals surface area contributed by atoms with Crippen molar-refractivity contribution in [2.24, 2.45) is 0 Å². The lowest BCUT2D eigenvalue weighted by atomic mass is 10.1. The maximum atomic E-state index is 12.8. The smallest absolute Gasteiger partial charge is 0.322 e. The standard InChI is InChI=1S/C21H27N3O3/c1-4-15(3)22-20(25)16-7-10-19(14(2)12-16)23-21(26)24(17-8-9-17)13-18-6-5-11-27-18/h5-7,10-12,15,17H,4,8-9,13H2,1-3H3,(H,22,25)(H,23,26). The molecule has 3 rings (SSSR count). The summed E-state index contributed by atoms with van der Waals surface area (Å²) in [6, 6.07) is 9.28. The molecule has 1 aliphatic rings. The fraction of sp³-hybridized carbons (Fsp3) is 0.429. The highest BCUT2D eigenvalue weighted by Gasteiger charge is 2.33. The van der Waals surface area contributed by atoms with Gasteiger partial charge in [0.25, 0.3) is 5.91 Å². The van der Waals surface area contributed by atoms with Crippen LogP contribution in [0.4, 0.5) is 10.5 Å². The maximum absolute atomic E-state index is 12.8. The summed E-state index contributed by atoms with van der Waals surface area (Å²) >= 11 is 0. The van der Waals surface area contributed by atoms with Crippen molar-refractivity contribution in [1.29, 1.82) is 0 Å². The molecule has 0 spiro atoms. The Balaban J connectivity index is 1.67. The lowest BCUT2D eigenvalue weighted by Crippen LogP contribution is -2.36. The number of nitrogens with zero attached hydrogens (tertiary/aromatic N) is 1. The first-order valence-corrected chi connectivity index (χ1v) is 9.49. The minimum Gasteiger partial charge on any atom is -0.467 e. The second-order valence-corrected chi connectivity index (χ2v) is 7.18. The Labute approximate surface area is 159 Å². The van der Waals surface area contributed by atoms with Gasteiger partial charge >= 0.3 is 6.03 Å². The molecule has 2 N–H and O–H groups in total. The maximum Gasteiger partial charge on any atom is 0.322 e. The number of carbonyl (C=O) groups is 2. The second kappa shape index (κ2) is 8.29. The third-order valence-corrected chi connectivity index (χ3v) is 4.87. The van der Waals surface area contributed by atoms with Crippen molar-refractivity contribution in [2.75, 3.05) is 5.32 Å². The van der Waals surface area contributed by atoms with Gasteiger partial charge in [-0.05, 0) is 69.0 Å². The Morgan fingerprint density at radius 2 is 2.07 bits per heavy atom. The van der Waals surface area contributed by atoms with Crippen LogP contribution in [0.1, 0.15) is 54.8 Å². The van der Waals surface area contributed by atoms with Crippen LogP contribution in [0.3, 0.4) is 0 Å². The molecule has 1 unspecified atom stereocenters. The molecule has 0 saturated heterocycles. The van der Waals surface area contributed by atoms with E-state index in [0.29, 0.717) is 17.8 Å². The summed E-state index contributed by atoms with van der Waals surface area (Å²) < 4.78 is 5.38. The fourth-order valence-corrected chi connectivity index (χ4v) is 2.86. The van der Waals surface area contributed by atoms with E-state index in [1.807, 2.05) is 37.8 Å². The number of urea groups is 1. The van der Waals surface area contributed by atoms with Gasteiger partial charge in [-0.2, -0.15) is 0 Å². The van der Waals surface area contributed by atoms with Gasteiger partial charge < -0.3 is 20.0 Å². The van der Waals surface area contributed by atoms with E-state index in [-0.39, 0.29) is 24.0 Å². The molecule has 1 fully saturated rings. The van der Waals surface area contributed by atoms with Gasteiger partial charge in [0, 0.05) is 23.3 Å². The number of anilines is 1. The number of furan rings is 1. The number of nitrogens with one attached hydrogen (secondary N) is 2. The summed E-state index contributed by atoms with van der Waals surface area (Å²) in [7, 11) is 0. The Hall–Kier alpha value is -2.76. The van der Waals surface area contributed by atoms with Crippen molar-refractivity contribution >= 4 is 17.6 Å². The van der Waals surface area contributed by atoms with Crippen LogP contribution >= 0.6 is 0 Å². The van der Waals surface area contributed by atoms with Gasteiger partial charge in [-0.25, -0.2) is 4.79 Å². The number of rotatable bonds is 7. The first kappa shape index (κ1) is 19.0. The van der Waals surface area contributed by atoms with Crippen molar-refractivity contribution in [1.82, 2.24) is 10.2 Å². The zero-order valence-corrected chi connectivity index (χ0v) is 16.1. The first-order valence-electron chi connectivity index (χ1n) is 9.49. The molecule has 1 aromatic carbocycles. The molecule has 1 saturated carbocycles. The molecule has 3 amide bonds. The second-order valence-electron chi connectivity index (χ2n) is 7.18. The summed E-state index contributed by atoms with van der Waals surface area (Å²) in [5.74, 6) is 0.675. The third kappa shape index (κ3) is 4.90. The summed E-state index contributed by atoms with van der Waals surface area (Å²) in [6.45, 7) is 6.36. The zero-order valence-electron chi connectivity index (χ0n) is 16.1. The third-order valence-electron chi connectivity index (χ3n) is 4.87. The lowest BCUT2D eigenvalue weighted by Gasteiger charge is -2.22. The molecule has 0 aliphatic heterocycles. The highest BCUT2D eigenvalue weighted by atomic mass is 16.3. The van der Waals surface area contributed by atoms with Crippen molar-refractivity contribution in [2.45, 2.75) is 58.7 Å². The summed E-state index contributed by atoms with van der Waals surface area (Å²) in [4.78, 5) is 26.8. The van der Waals surface area contributed by atoms with Crippen molar-refractivity contribution in [3.05, 3.63) is 53.5 Å². The molecular weight excluding hydrogens is 342 g/mol. The largest absolute Gasteiger partial charge is 0.467 e. The summed E-state index contributed by atoms with van der Waals surface area (Å²) in [6.07, 6.45) is 4.53. The van der Waals surface area contributed by atoms with Crippen molar-refractivity contribution in [3.8, 4) is 0 Å². The first-order chi connectivity index (χ1) is 13.0. The molecule has 6 heteroatoms. The van der Waals surface area contributed by atoms with Gasteiger partial charge in [-0.1, -0.05) is 6.92 Å². The number of benzene rings is 1. The van der Waals surface area contributed by atoms with E-state index in [2.05, 4.69) is 10.6 Å². The predicted octanol–water partition coefficient (Wildman–Crippen LogP) is 4.31. The van der Waals surface area contributed by atoms with E-state index in [1.165, 1.54) is 0 Å². The van der Waals surface area contributed by atoms with E-state index in [0.717, 1.165) is 30.6 Å². The average Bonchev–Trinajstić information content (AvgIpc) is 3.36. The molecule has 27 heavy (non-hydrogen) atoms. The zero-order chi connectivity index (χ0) is 19.4. The number of hydrogen-bond acceptors (Lipinski definition) is 3. The van der Waals surface area contributed by atoms with Gasteiger partial charge in [0.1, 0.15) is 5.76 Å². The summed E-state index contributed by atoms with van der Waals surface area (Å²) in [5, 5.41) is 5.93. The highest BCUT2D eigenvalue weighted by Crippen LogP contribution is 2.29. The quantitative estimate of drug-likeness (QED) is 0.763. The van der Waals surface area contributed by atoms with Crippen LogP contribution in [0, 0.1) is 6.92 Å². The van der Waals surface area contributed by atoms with Gasteiger partial charge in [-0.15, -0.1) is 0 Å². The van der Waals surface area contributed by atoms with Crippen LogP contribution in [-0.4, -0.2) is 28.9 Å². The van der Waals surface area contributed by atoms with Gasteiger partial charge in [-0.3, -0.25) is 4.79 Å². The molecule has 1 atom stereocenters. The monoisotopic (exact) mass is 369 g/mol. The van der Waals surface area contributed by atoms with E-state index in [9.17, 15) is 9.59 Å². The van der Waals surface area contributed by atoms with Crippen LogP contribution in [0.25, 0.3) is 0 Å². The average molecular weight is 369 g/mol. The Morgan fingerprint density at radius 3 is 2.67 bits per heavy atom. The van der Waals surface area contributed by atoms with Crippen LogP contribution < -0.4 is 10.6 Å². The molecule has 6 nitrogen and oxygen atoms in total. The van der Waals surface area contributed by atoms with Crippen molar-refractivity contribution in [3.63, 3.8) is 0 Å². The topological polar surface area (TPSA) is 74.6 Å². The Bertz CT molecular complexity index is 797. The van der Waals surface area contributed by atoms with E-state index in [1.54, 1.807) is 24.5 Å². The molecule has 2 aromatic rings. The molecule has 1 aromatic heterocycles. The minimum absolute atomic E-state index is 0.0947. The highest BCUT2D eigenvalue weighted by molar-refractivity contribution is 5.96. The van der Waals surface area contributed by atoms with Crippen molar-refractivity contribution < 1.29 is 14.0 Å². The fourth-order valence-electron chi connectivity index (χ4n) is 2.86. The minimum atomic E-state index is -0.145. The SMILES string of the molecule is CCC(C)NC(=O)c1ccc(NC(=O)N(Cc2ccco2)C2CC2)c(C)c1. The van der Waals surface area contributed by atoms with Gasteiger partial charge in [0.15, 0.2) is 0 Å². The summed E-state index contributed by atoms with van der Waals surface area (Å²) in [5.41, 5.74) is 2.17. The van der Waals surface area contributed by atoms with Gasteiger partial charge in [0.2, 0.25) is 0 Å². The molecule has 1 aliphatic carbocycles. The van der Waals surface area contributed by atoms with Gasteiger partial charge in [0.05, 0.1) is 12.8 Å². The molecule has 0 radical (unpaired) electrons. The normalized spacial score (nSPS) is 14.5. The molecular formula is C21H27N3O3. The molecule has 1 heterocycles. The number of amides is 3. The molecule has 144 valence electrons. The Morgan fingerprint density at radius 1 is 1.30 bits per heavy atom. The van der Waals surface area contributed by atoms with E-state index in [4.69, 9.17) is 4.42 Å². The van der Waals surface area contributed by atoms with Crippen LogP contribution in [0.2, 0.25) is 0 Å². The van der Waals surface area contributed by atoms with Crippen LogP contribution in [0.15, 0.2) is 41.0 Å².